The third kappa shape index (κ3) is 6.71. The number of carbonyl (C=O) groups excluding carboxylic acids is 1. The fraction of sp³-hybridized carbons (Fsp3) is 0.633. The molecule has 4 atom stereocenters. The zero-order valence-corrected chi connectivity index (χ0v) is 24.4. The maximum atomic E-state index is 14.6. The van der Waals surface area contributed by atoms with Crippen molar-refractivity contribution < 1.29 is 22.0 Å². The highest BCUT2D eigenvalue weighted by atomic mass is 32.2. The number of Topliss-reactive ketones (excluding diaryl/α,β-unsaturated/α-hetero) is 1. The highest BCUT2D eigenvalue weighted by Gasteiger charge is 2.41. The van der Waals surface area contributed by atoms with Gasteiger partial charge in [0.2, 0.25) is 5.89 Å². The van der Waals surface area contributed by atoms with Gasteiger partial charge >= 0.3 is 0 Å². The van der Waals surface area contributed by atoms with E-state index >= 15 is 0 Å². The quantitative estimate of drug-likeness (QED) is 0.420. The summed E-state index contributed by atoms with van der Waals surface area (Å²) in [5.41, 5.74) is 2.06. The van der Waals surface area contributed by atoms with E-state index in [0.717, 1.165) is 11.3 Å². The second-order valence-corrected chi connectivity index (χ2v) is 14.7. The predicted octanol–water partition coefficient (Wildman–Crippen LogP) is 5.85. The standard InChI is InChI=1S/C30H40FN3O4S/c1-19(2)21(18-32)16-26(35)25-17-22(31)8-11-24(25)27-28(38-29(33-27)30(3,4)5)20-6-9-23(10-7-20)34-12-14-39(36,37)15-13-34/h6-7,9-10,19,21-22,24-25H,8,11-17H2,1-5H3/t21-,22+,24-,25-/m1/s1. The number of anilines is 1. The Balaban J connectivity index is 1.68. The Hall–Kier alpha value is -2.73. The number of halogens is 1. The van der Waals surface area contributed by atoms with Gasteiger partial charge < -0.3 is 9.32 Å². The molecule has 1 aliphatic carbocycles. The molecule has 2 aliphatic rings. The number of hydrogen-bond acceptors (Lipinski definition) is 7. The number of benzene rings is 1. The van der Waals surface area contributed by atoms with Crippen molar-refractivity contribution in [1.29, 1.82) is 5.26 Å². The summed E-state index contributed by atoms with van der Waals surface area (Å²) in [4.78, 5) is 20.5. The molecular weight excluding hydrogens is 517 g/mol. The number of hydrogen-bond donors (Lipinski definition) is 0. The number of nitriles is 1. The van der Waals surface area contributed by atoms with Crippen LogP contribution in [-0.2, 0) is 20.0 Å². The van der Waals surface area contributed by atoms with Crippen LogP contribution in [0.15, 0.2) is 28.7 Å². The number of ketones is 1. The van der Waals surface area contributed by atoms with Crippen molar-refractivity contribution in [2.24, 2.45) is 17.8 Å². The van der Waals surface area contributed by atoms with E-state index in [1.165, 1.54) is 0 Å². The van der Waals surface area contributed by atoms with Gasteiger partial charge in [0.1, 0.15) is 12.0 Å². The molecular formula is C30H40FN3O4S. The molecule has 1 saturated heterocycles. The van der Waals surface area contributed by atoms with Gasteiger partial charge in [-0.05, 0) is 49.4 Å². The number of alkyl halides is 1. The van der Waals surface area contributed by atoms with Crippen LogP contribution in [0.2, 0.25) is 0 Å². The van der Waals surface area contributed by atoms with Crippen LogP contribution in [0.5, 0.6) is 0 Å². The zero-order valence-electron chi connectivity index (χ0n) is 23.6. The maximum absolute atomic E-state index is 14.6. The average molecular weight is 558 g/mol. The normalized spacial score (nSPS) is 24.4. The highest BCUT2D eigenvalue weighted by Crippen LogP contribution is 2.45. The number of aromatic nitrogens is 1. The maximum Gasteiger partial charge on any atom is 0.200 e. The fourth-order valence-electron chi connectivity index (χ4n) is 5.51. The Kier molecular flexibility index (Phi) is 8.55. The molecule has 39 heavy (non-hydrogen) atoms. The number of oxazole rings is 1. The van der Waals surface area contributed by atoms with Crippen molar-refractivity contribution >= 4 is 21.3 Å². The molecule has 0 bridgehead atoms. The largest absolute Gasteiger partial charge is 0.440 e. The van der Waals surface area contributed by atoms with E-state index in [0.29, 0.717) is 43.3 Å². The predicted molar refractivity (Wildman–Crippen MR) is 150 cm³/mol. The van der Waals surface area contributed by atoms with Gasteiger partial charge in [0, 0.05) is 48.0 Å². The molecule has 212 valence electrons. The Bertz CT molecular complexity index is 1310. The topological polar surface area (TPSA) is 104 Å². The molecule has 1 aliphatic heterocycles. The first-order valence-electron chi connectivity index (χ1n) is 13.9. The SMILES string of the molecule is CC(C)[C@@H](C#N)CC(=O)[C@@H]1C[C@@H](F)CC[C@H]1c1nc(C(C)(C)C)oc1-c1ccc(N2CCS(=O)(=O)CC2)cc1. The van der Waals surface area contributed by atoms with Crippen LogP contribution in [-0.4, -0.2) is 50.0 Å². The van der Waals surface area contributed by atoms with Gasteiger partial charge in [0.15, 0.2) is 15.6 Å². The van der Waals surface area contributed by atoms with Crippen LogP contribution in [0.1, 0.15) is 77.8 Å². The monoisotopic (exact) mass is 557 g/mol. The molecule has 2 heterocycles. The van der Waals surface area contributed by atoms with Gasteiger partial charge in [-0.2, -0.15) is 5.26 Å². The molecule has 1 aromatic carbocycles. The van der Waals surface area contributed by atoms with Crippen molar-refractivity contribution in [1.82, 2.24) is 4.98 Å². The van der Waals surface area contributed by atoms with E-state index in [4.69, 9.17) is 9.40 Å². The smallest absolute Gasteiger partial charge is 0.200 e. The van der Waals surface area contributed by atoms with Gasteiger partial charge in [0.05, 0.1) is 29.2 Å². The first-order valence-corrected chi connectivity index (χ1v) is 15.7. The van der Waals surface area contributed by atoms with Gasteiger partial charge in [-0.15, -0.1) is 0 Å². The van der Waals surface area contributed by atoms with E-state index in [2.05, 4.69) is 11.0 Å². The van der Waals surface area contributed by atoms with Crippen molar-refractivity contribution in [3.8, 4) is 17.4 Å². The Morgan fingerprint density at radius 1 is 1.18 bits per heavy atom. The van der Waals surface area contributed by atoms with Crippen LogP contribution in [0.25, 0.3) is 11.3 Å². The summed E-state index contributed by atoms with van der Waals surface area (Å²) in [5.74, 6) is 0.139. The number of sulfone groups is 1. The first kappa shape index (κ1) is 29.3. The van der Waals surface area contributed by atoms with Crippen molar-refractivity contribution in [2.75, 3.05) is 29.5 Å². The zero-order chi connectivity index (χ0) is 28.5. The van der Waals surface area contributed by atoms with Crippen LogP contribution < -0.4 is 4.90 Å². The van der Waals surface area contributed by atoms with Crippen LogP contribution >= 0.6 is 0 Å². The van der Waals surface area contributed by atoms with Gasteiger partial charge in [-0.1, -0.05) is 34.6 Å². The molecule has 0 spiro atoms. The summed E-state index contributed by atoms with van der Waals surface area (Å²) >= 11 is 0. The molecule has 4 rings (SSSR count). The summed E-state index contributed by atoms with van der Waals surface area (Å²) in [6, 6.07) is 10.0. The molecule has 1 saturated carbocycles. The van der Waals surface area contributed by atoms with E-state index in [1.807, 2.05) is 58.9 Å². The lowest BCUT2D eigenvalue weighted by molar-refractivity contribution is -0.126. The minimum atomic E-state index is -2.97. The van der Waals surface area contributed by atoms with Gasteiger partial charge in [-0.25, -0.2) is 17.8 Å². The van der Waals surface area contributed by atoms with Gasteiger partial charge in [-0.3, -0.25) is 4.79 Å². The Labute approximate surface area is 231 Å². The van der Waals surface area contributed by atoms with Crippen LogP contribution in [0, 0.1) is 29.1 Å². The minimum absolute atomic E-state index is 0.0378. The molecule has 0 N–H and O–H groups in total. The number of carbonyl (C=O) groups is 1. The second kappa shape index (κ2) is 11.4. The summed E-state index contributed by atoms with van der Waals surface area (Å²) in [6.07, 6.45) is 0.0311. The first-order chi connectivity index (χ1) is 18.3. The van der Waals surface area contributed by atoms with Gasteiger partial charge in [0.25, 0.3) is 0 Å². The fourth-order valence-corrected chi connectivity index (χ4v) is 6.71. The summed E-state index contributed by atoms with van der Waals surface area (Å²) in [7, 11) is -2.97. The average Bonchev–Trinajstić information content (AvgIpc) is 3.33. The number of rotatable bonds is 7. The third-order valence-corrected chi connectivity index (χ3v) is 9.69. The second-order valence-electron chi connectivity index (χ2n) is 12.4. The van der Waals surface area contributed by atoms with Crippen LogP contribution in [0.3, 0.4) is 0 Å². The lowest BCUT2D eigenvalue weighted by atomic mass is 9.72. The van der Waals surface area contributed by atoms with E-state index in [9.17, 15) is 22.9 Å². The molecule has 0 amide bonds. The summed E-state index contributed by atoms with van der Waals surface area (Å²) < 4.78 is 44.7. The van der Waals surface area contributed by atoms with Crippen molar-refractivity contribution in [3.63, 3.8) is 0 Å². The van der Waals surface area contributed by atoms with Crippen molar-refractivity contribution in [3.05, 3.63) is 35.9 Å². The molecule has 7 nitrogen and oxygen atoms in total. The highest BCUT2D eigenvalue weighted by molar-refractivity contribution is 7.91. The number of nitrogens with zero attached hydrogens (tertiary/aromatic N) is 3. The molecule has 1 aromatic heterocycles. The molecule has 9 heteroatoms. The van der Waals surface area contributed by atoms with E-state index in [-0.39, 0.29) is 47.4 Å². The summed E-state index contributed by atoms with van der Waals surface area (Å²) in [5, 5.41) is 9.57. The Morgan fingerprint density at radius 3 is 2.38 bits per heavy atom. The lowest BCUT2D eigenvalue weighted by Crippen LogP contribution is -2.40. The van der Waals surface area contributed by atoms with Crippen LogP contribution in [0.4, 0.5) is 10.1 Å². The third-order valence-electron chi connectivity index (χ3n) is 8.08. The molecule has 0 radical (unpaired) electrons. The minimum Gasteiger partial charge on any atom is -0.440 e. The van der Waals surface area contributed by atoms with E-state index < -0.39 is 27.8 Å². The molecule has 2 aromatic rings. The Morgan fingerprint density at radius 2 is 1.82 bits per heavy atom. The van der Waals surface area contributed by atoms with E-state index in [1.54, 1.807) is 0 Å². The molecule has 0 unspecified atom stereocenters. The van der Waals surface area contributed by atoms with Crippen molar-refractivity contribution in [2.45, 2.75) is 77.8 Å². The lowest BCUT2D eigenvalue weighted by Gasteiger charge is -2.32. The summed E-state index contributed by atoms with van der Waals surface area (Å²) in [6.45, 7) is 10.8. The molecule has 2 fully saturated rings.